The second-order valence-corrected chi connectivity index (χ2v) is 7.98. The topological polar surface area (TPSA) is 150 Å². The Hall–Kier alpha value is -4.18. The molecule has 0 aromatic carbocycles. The van der Waals surface area contributed by atoms with Crippen molar-refractivity contribution in [2.24, 2.45) is 5.92 Å². The van der Waals surface area contributed by atoms with Crippen molar-refractivity contribution in [2.45, 2.75) is 37.6 Å². The van der Waals surface area contributed by atoms with Crippen LogP contribution < -0.4 is 5.73 Å². The van der Waals surface area contributed by atoms with Gasteiger partial charge in [-0.2, -0.15) is 25.8 Å². The van der Waals surface area contributed by atoms with Crippen molar-refractivity contribution in [2.75, 3.05) is 5.73 Å². The lowest BCUT2D eigenvalue weighted by atomic mass is 9.75. The Bertz CT molecular complexity index is 1320. The summed E-state index contributed by atoms with van der Waals surface area (Å²) in [6.45, 7) is 0. The molecule has 0 amide bonds. The van der Waals surface area contributed by atoms with Gasteiger partial charge in [0.2, 0.25) is 0 Å². The number of rotatable bonds is 4. The van der Waals surface area contributed by atoms with Gasteiger partial charge in [0.05, 0.1) is 53.9 Å². The van der Waals surface area contributed by atoms with Crippen molar-refractivity contribution in [3.63, 3.8) is 0 Å². The number of anilines is 1. The molecule has 0 spiro atoms. The Morgan fingerprint density at radius 3 is 2.74 bits per heavy atom. The van der Waals surface area contributed by atoms with E-state index in [1.54, 1.807) is 29.2 Å². The Morgan fingerprint density at radius 2 is 2.03 bits per heavy atom. The smallest absolute Gasteiger partial charge is 0.119 e. The van der Waals surface area contributed by atoms with Crippen LogP contribution in [0.15, 0.2) is 36.9 Å². The molecule has 10 nitrogen and oxygen atoms in total. The highest BCUT2D eigenvalue weighted by Crippen LogP contribution is 2.40. The van der Waals surface area contributed by atoms with Crippen molar-refractivity contribution in [3.05, 3.63) is 36.9 Å². The summed E-state index contributed by atoms with van der Waals surface area (Å²) in [4.78, 5) is 4.82. The molecule has 4 aromatic rings. The van der Waals surface area contributed by atoms with Crippen molar-refractivity contribution in [1.82, 2.24) is 34.6 Å². The number of hydrogen-bond donors (Lipinski definition) is 2. The lowest BCUT2D eigenvalue weighted by Crippen LogP contribution is -2.37. The van der Waals surface area contributed by atoms with Gasteiger partial charge in [-0.1, -0.05) is 0 Å². The van der Waals surface area contributed by atoms with Gasteiger partial charge in [0, 0.05) is 23.7 Å². The van der Waals surface area contributed by atoms with Gasteiger partial charge in [-0.25, -0.2) is 9.50 Å². The number of aromatic nitrogens is 7. The molecule has 10 heteroatoms. The first-order valence-electron chi connectivity index (χ1n) is 10.1. The molecule has 31 heavy (non-hydrogen) atoms. The number of nitrogens with zero attached hydrogens (tertiary/aromatic N) is 8. The number of nitrogens with two attached hydrogens (primary N) is 1. The Morgan fingerprint density at radius 1 is 1.19 bits per heavy atom. The lowest BCUT2D eigenvalue weighted by molar-refractivity contribution is 0.160. The molecule has 4 heterocycles. The van der Waals surface area contributed by atoms with Crippen LogP contribution in [-0.2, 0) is 5.54 Å². The highest BCUT2D eigenvalue weighted by Gasteiger charge is 2.38. The molecule has 0 radical (unpaired) electrons. The minimum atomic E-state index is -0.398. The number of nitrogen functional groups attached to an aromatic ring is 1. The van der Waals surface area contributed by atoms with E-state index in [4.69, 9.17) is 10.7 Å². The molecular formula is C21H20N10. The van der Waals surface area contributed by atoms with Gasteiger partial charge in [0.15, 0.2) is 0 Å². The average molecular weight is 412 g/mol. The minimum Gasteiger partial charge on any atom is -0.384 e. The first-order valence-corrected chi connectivity index (χ1v) is 10.1. The molecule has 154 valence electrons. The summed E-state index contributed by atoms with van der Waals surface area (Å²) < 4.78 is 3.65. The summed E-state index contributed by atoms with van der Waals surface area (Å²) in [6.07, 6.45) is 10.6. The van der Waals surface area contributed by atoms with Gasteiger partial charge in [-0.3, -0.25) is 9.78 Å². The van der Waals surface area contributed by atoms with Crippen molar-refractivity contribution < 1.29 is 0 Å². The van der Waals surface area contributed by atoms with Gasteiger partial charge in [-0.05, 0) is 31.7 Å². The summed E-state index contributed by atoms with van der Waals surface area (Å²) in [5.41, 5.74) is 9.03. The van der Waals surface area contributed by atoms with Crippen molar-refractivity contribution in [1.29, 1.82) is 10.5 Å². The summed E-state index contributed by atoms with van der Waals surface area (Å²) in [5, 5.41) is 34.6. The molecule has 1 aliphatic carbocycles. The second kappa shape index (κ2) is 7.26. The van der Waals surface area contributed by atoms with E-state index in [0.717, 1.165) is 42.5 Å². The maximum Gasteiger partial charge on any atom is 0.119 e. The normalized spacial score (nSPS) is 21.0. The fourth-order valence-electron chi connectivity index (χ4n) is 4.35. The zero-order valence-corrected chi connectivity index (χ0v) is 16.7. The summed E-state index contributed by atoms with van der Waals surface area (Å²) in [7, 11) is 0. The summed E-state index contributed by atoms with van der Waals surface area (Å²) in [5.74, 6) is 0.506. The third kappa shape index (κ3) is 3.19. The van der Waals surface area contributed by atoms with Crippen LogP contribution in [0.3, 0.4) is 0 Å². The third-order valence-electron chi connectivity index (χ3n) is 6.10. The SMILES string of the molecule is N#CC[C@]1(n2cc(-c3nc(-c4cc(N)[nH]n4)cn4nccc34)cn2)CC[C@@H](C#N)CC1. The van der Waals surface area contributed by atoms with Gasteiger partial charge in [0.25, 0.3) is 0 Å². The van der Waals surface area contributed by atoms with E-state index < -0.39 is 5.54 Å². The van der Waals surface area contributed by atoms with Gasteiger partial charge >= 0.3 is 0 Å². The molecule has 1 aliphatic rings. The van der Waals surface area contributed by atoms with Gasteiger partial charge in [0.1, 0.15) is 17.2 Å². The van der Waals surface area contributed by atoms with E-state index in [1.807, 2.05) is 16.9 Å². The zero-order chi connectivity index (χ0) is 21.4. The average Bonchev–Trinajstić information content (AvgIpc) is 3.54. The first-order chi connectivity index (χ1) is 15.1. The van der Waals surface area contributed by atoms with E-state index in [2.05, 4.69) is 32.5 Å². The molecule has 5 rings (SSSR count). The fraction of sp³-hybridized carbons (Fsp3) is 0.333. The van der Waals surface area contributed by atoms with Crippen LogP contribution in [0.2, 0.25) is 0 Å². The summed E-state index contributed by atoms with van der Waals surface area (Å²) >= 11 is 0. The van der Waals surface area contributed by atoms with E-state index in [9.17, 15) is 10.5 Å². The largest absolute Gasteiger partial charge is 0.384 e. The molecule has 1 fully saturated rings. The lowest BCUT2D eigenvalue weighted by Gasteiger charge is -2.37. The Kier molecular flexibility index (Phi) is 4.41. The van der Waals surface area contributed by atoms with Crippen molar-refractivity contribution >= 4 is 11.3 Å². The maximum absolute atomic E-state index is 9.47. The molecule has 3 N–H and O–H groups in total. The fourth-order valence-corrected chi connectivity index (χ4v) is 4.35. The highest BCUT2D eigenvalue weighted by atomic mass is 15.3. The highest BCUT2D eigenvalue weighted by molar-refractivity contribution is 5.78. The van der Waals surface area contributed by atoms with E-state index in [1.165, 1.54) is 0 Å². The minimum absolute atomic E-state index is 0.0490. The molecule has 0 aliphatic heterocycles. The number of nitriles is 2. The molecule has 0 bridgehead atoms. The van der Waals surface area contributed by atoms with Crippen LogP contribution in [0, 0.1) is 28.6 Å². The number of H-pyrrole nitrogens is 1. The Labute approximate surface area is 177 Å². The van der Waals surface area contributed by atoms with Crippen molar-refractivity contribution in [3.8, 4) is 34.8 Å². The predicted molar refractivity (Wildman–Crippen MR) is 112 cm³/mol. The molecule has 0 unspecified atom stereocenters. The van der Waals surface area contributed by atoms with Crippen LogP contribution in [0.4, 0.5) is 5.82 Å². The molecule has 1 saturated carbocycles. The number of fused-ring (bicyclic) bond motifs is 1. The van der Waals surface area contributed by atoms with Crippen LogP contribution in [-0.4, -0.2) is 34.6 Å². The number of nitrogens with one attached hydrogen (secondary N) is 1. The predicted octanol–water partition coefficient (Wildman–Crippen LogP) is 2.89. The second-order valence-electron chi connectivity index (χ2n) is 7.98. The van der Waals surface area contributed by atoms with Crippen LogP contribution in [0.5, 0.6) is 0 Å². The quantitative estimate of drug-likeness (QED) is 0.523. The molecular weight excluding hydrogens is 392 g/mol. The standard InChI is InChI=1S/C21H20N10/c22-7-6-21(4-1-14(10-23)2-5-21)31-12-15(11-26-31)20-18-3-8-25-30(18)13-17(27-20)16-9-19(24)29-28-16/h3,8-9,11-14H,1-2,4-6H2,(H3,24,28,29)/t14-,21+. The third-order valence-corrected chi connectivity index (χ3v) is 6.10. The number of hydrogen-bond acceptors (Lipinski definition) is 7. The first kappa shape index (κ1) is 18.8. The van der Waals surface area contributed by atoms with E-state index in [-0.39, 0.29) is 5.92 Å². The van der Waals surface area contributed by atoms with Gasteiger partial charge in [-0.15, -0.1) is 0 Å². The van der Waals surface area contributed by atoms with Gasteiger partial charge < -0.3 is 5.73 Å². The van der Waals surface area contributed by atoms with Crippen LogP contribution >= 0.6 is 0 Å². The molecule has 0 saturated heterocycles. The number of aromatic amines is 1. The monoisotopic (exact) mass is 412 g/mol. The zero-order valence-electron chi connectivity index (χ0n) is 16.7. The van der Waals surface area contributed by atoms with Crippen LogP contribution in [0.25, 0.3) is 28.2 Å². The molecule has 4 aromatic heterocycles. The summed E-state index contributed by atoms with van der Waals surface area (Å²) in [6, 6.07) is 8.29. The van der Waals surface area contributed by atoms with E-state index >= 15 is 0 Å². The maximum atomic E-state index is 9.47. The Balaban J connectivity index is 1.57. The van der Waals surface area contributed by atoms with E-state index in [0.29, 0.717) is 23.6 Å². The molecule has 0 atom stereocenters. The van der Waals surface area contributed by atoms with Crippen LogP contribution in [0.1, 0.15) is 32.1 Å².